The molecule has 0 unspecified atom stereocenters. The summed E-state index contributed by atoms with van der Waals surface area (Å²) >= 11 is 0. The van der Waals surface area contributed by atoms with Gasteiger partial charge in [-0.05, 0) is 25.0 Å². The summed E-state index contributed by atoms with van der Waals surface area (Å²) in [5, 5.41) is 3.03. The molecule has 0 radical (unpaired) electrons. The molecular weight excluding hydrogens is 270 g/mol. The van der Waals surface area contributed by atoms with Gasteiger partial charge >= 0.3 is 0 Å². The minimum absolute atomic E-state index is 0.0639. The molecule has 0 fully saturated rings. The normalized spacial score (nSPS) is 10.6. The number of carbonyl (C=O) groups excluding carboxylic acids is 1. The van der Waals surface area contributed by atoms with Crippen LogP contribution in [-0.2, 0) is 0 Å². The molecule has 0 spiro atoms. The van der Waals surface area contributed by atoms with Gasteiger partial charge in [0.05, 0.1) is 0 Å². The number of carbonyl (C=O) groups is 1. The largest absolute Gasteiger partial charge is 0.352 e. The van der Waals surface area contributed by atoms with Gasteiger partial charge in [-0.25, -0.2) is 0 Å². The van der Waals surface area contributed by atoms with Crippen molar-refractivity contribution in [3.05, 3.63) is 35.4 Å². The second-order valence-corrected chi connectivity index (χ2v) is 6.25. The Morgan fingerprint density at radius 1 is 0.864 bits per heavy atom. The fourth-order valence-electron chi connectivity index (χ4n) is 2.74. The van der Waals surface area contributed by atoms with E-state index in [2.05, 4.69) is 12.2 Å². The van der Waals surface area contributed by atoms with Crippen LogP contribution in [0.1, 0.15) is 87.1 Å². The summed E-state index contributed by atoms with van der Waals surface area (Å²) < 4.78 is 0. The zero-order valence-corrected chi connectivity index (χ0v) is 14.5. The van der Waals surface area contributed by atoms with Crippen LogP contribution in [0.15, 0.2) is 24.3 Å². The highest BCUT2D eigenvalue weighted by molar-refractivity contribution is 5.95. The second kappa shape index (κ2) is 12.3. The highest BCUT2D eigenvalue weighted by atomic mass is 16.1. The average Bonchev–Trinajstić information content (AvgIpc) is 2.53. The number of benzene rings is 1. The molecule has 0 aliphatic heterocycles. The van der Waals surface area contributed by atoms with Crippen molar-refractivity contribution in [3.63, 3.8) is 0 Å². The quantitative estimate of drug-likeness (QED) is 0.497. The van der Waals surface area contributed by atoms with Gasteiger partial charge in [0, 0.05) is 12.1 Å². The highest BCUT2D eigenvalue weighted by Crippen LogP contribution is 2.10. The van der Waals surface area contributed by atoms with Crippen molar-refractivity contribution in [3.8, 4) is 0 Å². The minimum atomic E-state index is 0.0639. The number of aryl methyl sites for hydroxylation is 1. The Labute approximate surface area is 136 Å². The lowest BCUT2D eigenvalue weighted by Gasteiger charge is -2.07. The van der Waals surface area contributed by atoms with Crippen molar-refractivity contribution in [2.75, 3.05) is 6.54 Å². The lowest BCUT2D eigenvalue weighted by Crippen LogP contribution is -2.25. The molecule has 0 heterocycles. The van der Waals surface area contributed by atoms with E-state index in [1.165, 1.54) is 57.8 Å². The van der Waals surface area contributed by atoms with E-state index in [0.29, 0.717) is 0 Å². The van der Waals surface area contributed by atoms with Gasteiger partial charge in [0.2, 0.25) is 0 Å². The molecule has 0 saturated carbocycles. The second-order valence-electron chi connectivity index (χ2n) is 6.25. The van der Waals surface area contributed by atoms with Crippen LogP contribution in [-0.4, -0.2) is 12.5 Å². The smallest absolute Gasteiger partial charge is 0.251 e. The molecule has 22 heavy (non-hydrogen) atoms. The first-order chi connectivity index (χ1) is 10.8. The Balaban J connectivity index is 1.95. The molecular formula is C20H33NO. The number of amides is 1. The fourth-order valence-corrected chi connectivity index (χ4v) is 2.74. The number of hydrogen-bond donors (Lipinski definition) is 1. The summed E-state index contributed by atoms with van der Waals surface area (Å²) in [6, 6.07) is 7.76. The van der Waals surface area contributed by atoms with Gasteiger partial charge in [0.1, 0.15) is 0 Å². The van der Waals surface area contributed by atoms with Crippen LogP contribution in [0.5, 0.6) is 0 Å². The Hall–Kier alpha value is -1.31. The van der Waals surface area contributed by atoms with Crippen molar-refractivity contribution in [1.82, 2.24) is 5.32 Å². The van der Waals surface area contributed by atoms with E-state index in [4.69, 9.17) is 0 Å². The van der Waals surface area contributed by atoms with Crippen LogP contribution in [0.25, 0.3) is 0 Å². The van der Waals surface area contributed by atoms with Crippen molar-refractivity contribution >= 4 is 5.91 Å². The maximum absolute atomic E-state index is 12.0. The van der Waals surface area contributed by atoms with Crippen LogP contribution in [0.2, 0.25) is 0 Å². The van der Waals surface area contributed by atoms with Crippen LogP contribution in [0, 0.1) is 6.92 Å². The van der Waals surface area contributed by atoms with Crippen LogP contribution in [0.4, 0.5) is 0 Å². The van der Waals surface area contributed by atoms with E-state index in [9.17, 15) is 4.79 Å². The number of hydrogen-bond acceptors (Lipinski definition) is 1. The molecule has 1 aromatic carbocycles. The van der Waals surface area contributed by atoms with E-state index in [1.807, 2.05) is 31.2 Å². The maximum Gasteiger partial charge on any atom is 0.251 e. The molecule has 0 aliphatic rings. The van der Waals surface area contributed by atoms with Crippen molar-refractivity contribution in [2.45, 2.75) is 78.1 Å². The van der Waals surface area contributed by atoms with E-state index in [0.717, 1.165) is 24.1 Å². The average molecular weight is 303 g/mol. The van der Waals surface area contributed by atoms with Crippen molar-refractivity contribution in [2.24, 2.45) is 0 Å². The molecule has 1 aromatic rings. The van der Waals surface area contributed by atoms with E-state index in [1.54, 1.807) is 0 Å². The Bertz CT molecular complexity index is 414. The van der Waals surface area contributed by atoms with Gasteiger partial charge < -0.3 is 5.32 Å². The molecule has 0 saturated heterocycles. The van der Waals surface area contributed by atoms with Crippen molar-refractivity contribution < 1.29 is 4.79 Å². The molecule has 2 nitrogen and oxygen atoms in total. The van der Waals surface area contributed by atoms with Crippen molar-refractivity contribution in [1.29, 1.82) is 0 Å². The molecule has 1 N–H and O–H groups in total. The van der Waals surface area contributed by atoms with Gasteiger partial charge in [-0.2, -0.15) is 0 Å². The number of rotatable bonds is 12. The maximum atomic E-state index is 12.0. The number of unbranched alkanes of at least 4 members (excludes halogenated alkanes) is 9. The third-order valence-corrected chi connectivity index (χ3v) is 4.21. The zero-order chi connectivity index (χ0) is 16.0. The van der Waals surface area contributed by atoms with E-state index >= 15 is 0 Å². The Morgan fingerprint density at radius 3 is 2.00 bits per heavy atom. The molecule has 124 valence electrons. The lowest BCUT2D eigenvalue weighted by molar-refractivity contribution is 0.0952. The topological polar surface area (TPSA) is 29.1 Å². The first kappa shape index (κ1) is 18.7. The first-order valence-electron chi connectivity index (χ1n) is 9.09. The van der Waals surface area contributed by atoms with E-state index < -0.39 is 0 Å². The summed E-state index contributed by atoms with van der Waals surface area (Å²) in [6.07, 6.45) is 13.3. The predicted molar refractivity (Wildman–Crippen MR) is 95.4 cm³/mol. The number of nitrogens with one attached hydrogen (secondary N) is 1. The third-order valence-electron chi connectivity index (χ3n) is 4.21. The lowest BCUT2D eigenvalue weighted by atomic mass is 10.1. The zero-order valence-electron chi connectivity index (χ0n) is 14.5. The molecule has 0 aliphatic carbocycles. The van der Waals surface area contributed by atoms with Gasteiger partial charge in [-0.15, -0.1) is 0 Å². The van der Waals surface area contributed by atoms with Crippen LogP contribution >= 0.6 is 0 Å². The van der Waals surface area contributed by atoms with Gasteiger partial charge in [-0.1, -0.05) is 82.9 Å². The summed E-state index contributed by atoms with van der Waals surface area (Å²) in [5.41, 5.74) is 1.85. The van der Waals surface area contributed by atoms with Gasteiger partial charge in [-0.3, -0.25) is 4.79 Å². The third kappa shape index (κ3) is 8.21. The Kier molecular flexibility index (Phi) is 10.4. The summed E-state index contributed by atoms with van der Waals surface area (Å²) in [6.45, 7) is 5.04. The molecule has 0 atom stereocenters. The minimum Gasteiger partial charge on any atom is -0.352 e. The SMILES string of the molecule is CCCCCCCCCCCCNC(=O)c1ccccc1C. The monoisotopic (exact) mass is 303 g/mol. The van der Waals surface area contributed by atoms with Gasteiger partial charge in [0.25, 0.3) is 5.91 Å². The predicted octanol–water partition coefficient (Wildman–Crippen LogP) is 5.65. The first-order valence-corrected chi connectivity index (χ1v) is 9.09. The van der Waals surface area contributed by atoms with E-state index in [-0.39, 0.29) is 5.91 Å². The Morgan fingerprint density at radius 2 is 1.41 bits per heavy atom. The molecule has 0 bridgehead atoms. The highest BCUT2D eigenvalue weighted by Gasteiger charge is 2.06. The van der Waals surface area contributed by atoms with Crippen LogP contribution < -0.4 is 5.32 Å². The molecule has 1 amide bonds. The summed E-state index contributed by atoms with van der Waals surface area (Å²) in [4.78, 5) is 12.0. The molecule has 0 aromatic heterocycles. The molecule has 1 rings (SSSR count). The summed E-state index contributed by atoms with van der Waals surface area (Å²) in [5.74, 6) is 0.0639. The molecule has 2 heteroatoms. The van der Waals surface area contributed by atoms with Crippen LogP contribution in [0.3, 0.4) is 0 Å². The fraction of sp³-hybridized carbons (Fsp3) is 0.650. The standard InChI is InChI=1S/C20H33NO/c1-3-4-5-6-7-8-9-10-11-14-17-21-20(22)19-16-13-12-15-18(19)2/h12-13,15-16H,3-11,14,17H2,1-2H3,(H,21,22). The van der Waals surface area contributed by atoms with Gasteiger partial charge in [0.15, 0.2) is 0 Å². The summed E-state index contributed by atoms with van der Waals surface area (Å²) in [7, 11) is 0.